The number of nitrogens with one attached hydrogen (secondary N) is 1. The number of ether oxygens (including phenoxy) is 1. The number of amides is 2. The van der Waals surface area contributed by atoms with Gasteiger partial charge in [0.25, 0.3) is 5.91 Å². The van der Waals surface area contributed by atoms with Crippen LogP contribution in [0, 0.1) is 5.92 Å². The number of nitrogens with zero attached hydrogens (tertiary/aromatic N) is 3. The fourth-order valence-corrected chi connectivity index (χ4v) is 3.78. The van der Waals surface area contributed by atoms with Gasteiger partial charge in [-0.3, -0.25) is 14.6 Å². The van der Waals surface area contributed by atoms with Gasteiger partial charge < -0.3 is 15.0 Å². The van der Waals surface area contributed by atoms with Gasteiger partial charge in [0.2, 0.25) is 5.91 Å². The van der Waals surface area contributed by atoms with Gasteiger partial charge in [0.1, 0.15) is 6.10 Å². The molecular formula is C20H22N4O3. The third-order valence-electron chi connectivity index (χ3n) is 5.21. The summed E-state index contributed by atoms with van der Waals surface area (Å²) in [6.45, 7) is 1.26. The molecule has 2 aliphatic rings. The smallest absolute Gasteiger partial charge is 0.254 e. The van der Waals surface area contributed by atoms with Crippen molar-refractivity contribution in [1.29, 1.82) is 0 Å². The molecule has 2 amide bonds. The summed E-state index contributed by atoms with van der Waals surface area (Å²) in [5.74, 6) is 0.631. The molecule has 0 aliphatic carbocycles. The largest absolute Gasteiger partial charge is 0.363 e. The molecule has 7 heteroatoms. The molecule has 140 valence electrons. The van der Waals surface area contributed by atoms with Crippen LogP contribution in [0.1, 0.15) is 18.4 Å². The van der Waals surface area contributed by atoms with Crippen LogP contribution in [-0.4, -0.2) is 52.0 Å². The molecule has 0 saturated carbocycles. The Morgan fingerprint density at radius 3 is 2.85 bits per heavy atom. The second-order valence-electron chi connectivity index (χ2n) is 7.03. The van der Waals surface area contributed by atoms with Crippen molar-refractivity contribution in [1.82, 2.24) is 14.9 Å². The Hall–Kier alpha value is -2.80. The standard InChI is InChI=1S/C20H22N4O3/c25-19(10-14-4-2-1-3-5-14)24-9-6-15-11-16(27-17(15)13-24)20(26)23-18-12-21-7-8-22-18/h1-5,7-8,12,15-17H,6,9-11,13H2,(H,22,23,26)/t15-,16-,17+/m0/s1. The van der Waals surface area contributed by atoms with E-state index in [1.54, 1.807) is 6.20 Å². The van der Waals surface area contributed by atoms with Gasteiger partial charge in [-0.2, -0.15) is 0 Å². The summed E-state index contributed by atoms with van der Waals surface area (Å²) in [4.78, 5) is 34.9. The van der Waals surface area contributed by atoms with E-state index in [2.05, 4.69) is 15.3 Å². The van der Waals surface area contributed by atoms with Crippen LogP contribution in [0.25, 0.3) is 0 Å². The Morgan fingerprint density at radius 2 is 2.07 bits per heavy atom. The lowest BCUT2D eigenvalue weighted by Crippen LogP contribution is -2.46. The van der Waals surface area contributed by atoms with Crippen LogP contribution in [0.4, 0.5) is 5.82 Å². The quantitative estimate of drug-likeness (QED) is 0.890. The van der Waals surface area contributed by atoms with E-state index in [1.807, 2.05) is 35.2 Å². The monoisotopic (exact) mass is 366 g/mol. The zero-order chi connectivity index (χ0) is 18.6. The highest BCUT2D eigenvalue weighted by Gasteiger charge is 2.42. The molecule has 0 spiro atoms. The molecule has 7 nitrogen and oxygen atoms in total. The van der Waals surface area contributed by atoms with Crippen molar-refractivity contribution in [3.63, 3.8) is 0 Å². The Bertz CT molecular complexity index is 748. The minimum absolute atomic E-state index is 0.0870. The zero-order valence-corrected chi connectivity index (χ0v) is 15.0. The van der Waals surface area contributed by atoms with Crippen LogP contribution in [-0.2, 0) is 20.7 Å². The lowest BCUT2D eigenvalue weighted by Gasteiger charge is -2.34. The number of piperidine rings is 1. The number of anilines is 1. The molecule has 2 fully saturated rings. The predicted molar refractivity (Wildman–Crippen MR) is 98.8 cm³/mol. The van der Waals surface area contributed by atoms with Crippen molar-refractivity contribution >= 4 is 17.6 Å². The minimum Gasteiger partial charge on any atom is -0.363 e. The first kappa shape index (κ1) is 17.6. The maximum absolute atomic E-state index is 12.6. The Labute approximate surface area is 157 Å². The number of aromatic nitrogens is 2. The van der Waals surface area contributed by atoms with Crippen molar-refractivity contribution in [2.45, 2.75) is 31.5 Å². The molecule has 1 aromatic heterocycles. The van der Waals surface area contributed by atoms with E-state index in [4.69, 9.17) is 4.74 Å². The van der Waals surface area contributed by atoms with Crippen LogP contribution in [0.3, 0.4) is 0 Å². The SMILES string of the molecule is O=C(Nc1cnccn1)[C@@H]1C[C@@H]2CCN(C(=O)Cc3ccccc3)C[C@H]2O1. The number of fused-ring (bicyclic) bond motifs is 1. The van der Waals surface area contributed by atoms with Crippen molar-refractivity contribution in [2.75, 3.05) is 18.4 Å². The van der Waals surface area contributed by atoms with Gasteiger partial charge in [0, 0.05) is 25.5 Å². The fourth-order valence-electron chi connectivity index (χ4n) is 3.78. The van der Waals surface area contributed by atoms with E-state index in [9.17, 15) is 9.59 Å². The van der Waals surface area contributed by atoms with E-state index >= 15 is 0 Å². The van der Waals surface area contributed by atoms with Crippen molar-refractivity contribution in [3.8, 4) is 0 Å². The van der Waals surface area contributed by atoms with Crippen molar-refractivity contribution in [3.05, 3.63) is 54.5 Å². The third kappa shape index (κ3) is 4.14. The van der Waals surface area contributed by atoms with E-state index in [-0.39, 0.29) is 17.9 Å². The van der Waals surface area contributed by atoms with Gasteiger partial charge >= 0.3 is 0 Å². The summed E-state index contributed by atoms with van der Waals surface area (Å²) in [5.41, 5.74) is 1.01. The molecule has 3 heterocycles. The predicted octanol–water partition coefficient (Wildman–Crippen LogP) is 1.66. The molecule has 2 aromatic rings. The Morgan fingerprint density at radius 1 is 1.22 bits per heavy atom. The summed E-state index contributed by atoms with van der Waals surface area (Å²) in [5, 5.41) is 2.74. The number of rotatable bonds is 4. The molecule has 1 N–H and O–H groups in total. The first-order chi connectivity index (χ1) is 13.2. The van der Waals surface area contributed by atoms with E-state index in [0.29, 0.717) is 37.7 Å². The second-order valence-corrected chi connectivity index (χ2v) is 7.03. The normalized spacial score (nSPS) is 24.3. The molecule has 27 heavy (non-hydrogen) atoms. The lowest BCUT2D eigenvalue weighted by atomic mass is 9.91. The van der Waals surface area contributed by atoms with Crippen LogP contribution in [0.2, 0.25) is 0 Å². The minimum atomic E-state index is -0.508. The Kier molecular flexibility index (Phi) is 5.11. The molecular weight excluding hydrogens is 344 g/mol. The van der Waals surface area contributed by atoms with E-state index in [1.165, 1.54) is 12.4 Å². The summed E-state index contributed by atoms with van der Waals surface area (Å²) in [6, 6.07) is 9.75. The number of benzene rings is 1. The van der Waals surface area contributed by atoms with Crippen LogP contribution >= 0.6 is 0 Å². The molecule has 1 aromatic carbocycles. The highest BCUT2D eigenvalue weighted by atomic mass is 16.5. The first-order valence-electron chi connectivity index (χ1n) is 9.23. The second kappa shape index (κ2) is 7.84. The lowest BCUT2D eigenvalue weighted by molar-refractivity contribution is -0.136. The van der Waals surface area contributed by atoms with Gasteiger partial charge in [-0.25, -0.2) is 4.98 Å². The number of carbonyl (C=O) groups excluding carboxylic acids is 2. The number of hydrogen-bond donors (Lipinski definition) is 1. The highest BCUT2D eigenvalue weighted by molar-refractivity contribution is 5.93. The molecule has 3 atom stereocenters. The number of carbonyl (C=O) groups is 2. The summed E-state index contributed by atoms with van der Waals surface area (Å²) < 4.78 is 5.98. The molecule has 0 unspecified atom stereocenters. The molecule has 4 rings (SSSR count). The summed E-state index contributed by atoms with van der Waals surface area (Å²) >= 11 is 0. The average molecular weight is 366 g/mol. The fraction of sp³-hybridized carbons (Fsp3) is 0.400. The van der Waals surface area contributed by atoms with Gasteiger partial charge in [-0.05, 0) is 24.3 Å². The molecule has 0 bridgehead atoms. The maximum Gasteiger partial charge on any atom is 0.254 e. The summed E-state index contributed by atoms with van der Waals surface area (Å²) in [6.07, 6.45) is 5.93. The first-order valence-corrected chi connectivity index (χ1v) is 9.23. The van der Waals surface area contributed by atoms with E-state index in [0.717, 1.165) is 12.0 Å². The van der Waals surface area contributed by atoms with Gasteiger partial charge in [0.05, 0.1) is 18.7 Å². The van der Waals surface area contributed by atoms with Crippen LogP contribution < -0.4 is 5.32 Å². The summed E-state index contributed by atoms with van der Waals surface area (Å²) in [7, 11) is 0. The topological polar surface area (TPSA) is 84.4 Å². The van der Waals surface area contributed by atoms with Gasteiger partial charge in [-0.1, -0.05) is 30.3 Å². The molecule has 2 saturated heterocycles. The van der Waals surface area contributed by atoms with Crippen LogP contribution in [0.15, 0.2) is 48.9 Å². The highest BCUT2D eigenvalue weighted by Crippen LogP contribution is 2.33. The Balaban J connectivity index is 1.32. The average Bonchev–Trinajstić information content (AvgIpc) is 3.13. The number of likely N-dealkylation sites (tertiary alicyclic amines) is 1. The maximum atomic E-state index is 12.6. The number of hydrogen-bond acceptors (Lipinski definition) is 5. The van der Waals surface area contributed by atoms with Gasteiger partial charge in [0.15, 0.2) is 5.82 Å². The third-order valence-corrected chi connectivity index (χ3v) is 5.21. The van der Waals surface area contributed by atoms with Crippen molar-refractivity contribution < 1.29 is 14.3 Å². The molecule has 2 aliphatic heterocycles. The molecule has 0 radical (unpaired) electrons. The van der Waals surface area contributed by atoms with Gasteiger partial charge in [-0.15, -0.1) is 0 Å². The van der Waals surface area contributed by atoms with Crippen molar-refractivity contribution in [2.24, 2.45) is 5.92 Å². The zero-order valence-electron chi connectivity index (χ0n) is 15.0. The van der Waals surface area contributed by atoms with E-state index < -0.39 is 6.10 Å². The van der Waals surface area contributed by atoms with Crippen LogP contribution in [0.5, 0.6) is 0 Å².